The van der Waals surface area contributed by atoms with Crippen LogP contribution in [0.5, 0.6) is 0 Å². The minimum atomic E-state index is -0.297. The Morgan fingerprint density at radius 2 is 1.47 bits per heavy atom. The Bertz CT molecular complexity index is 1200. The Balaban J connectivity index is 1.42. The molecule has 1 saturated heterocycles. The smallest absolute Gasteiger partial charge is 0.256 e. The molecule has 0 aromatic heterocycles. The van der Waals surface area contributed by atoms with Gasteiger partial charge in [0.25, 0.3) is 5.91 Å². The van der Waals surface area contributed by atoms with E-state index >= 15 is 0 Å². The third-order valence-electron chi connectivity index (χ3n) is 6.49. The number of hydrogen-bond acceptors (Lipinski definition) is 9. The second-order valence-electron chi connectivity index (χ2n) is 8.41. The van der Waals surface area contributed by atoms with Crippen LogP contribution in [0.2, 0.25) is 0 Å². The quantitative estimate of drug-likeness (QED) is 0.247. The SMILES string of the molecule is O=C1CC(c2ccc(N(O)O)cc2)=C2C(=O)NC(c3ccc(N4CCN(C(S)S)CC4)cc3)=C12. The van der Waals surface area contributed by atoms with E-state index in [1.165, 1.54) is 12.1 Å². The van der Waals surface area contributed by atoms with Gasteiger partial charge in [0, 0.05) is 38.3 Å². The molecule has 2 heterocycles. The molecule has 0 atom stereocenters. The Morgan fingerprint density at radius 1 is 0.853 bits per heavy atom. The first-order valence-electron chi connectivity index (χ1n) is 10.9. The number of nitrogens with zero attached hydrogens (tertiary/aromatic N) is 3. The van der Waals surface area contributed by atoms with E-state index in [4.69, 9.17) is 10.4 Å². The summed E-state index contributed by atoms with van der Waals surface area (Å²) in [5.41, 5.74) is 4.75. The lowest BCUT2D eigenvalue weighted by atomic mass is 10.0. The highest BCUT2D eigenvalue weighted by Gasteiger charge is 2.40. The summed E-state index contributed by atoms with van der Waals surface area (Å²) in [5, 5.41) is 21.2. The van der Waals surface area contributed by atoms with Crippen LogP contribution in [0.3, 0.4) is 0 Å². The summed E-state index contributed by atoms with van der Waals surface area (Å²) in [6.07, 6.45) is 0.128. The second kappa shape index (κ2) is 9.12. The summed E-state index contributed by atoms with van der Waals surface area (Å²) in [6.45, 7) is 3.51. The number of thiol groups is 2. The first-order chi connectivity index (χ1) is 16.3. The molecular weight excluding hydrogens is 472 g/mol. The van der Waals surface area contributed by atoms with Gasteiger partial charge in [-0.05, 0) is 41.0 Å². The first kappa shape index (κ1) is 23.0. The molecule has 0 unspecified atom stereocenters. The van der Waals surface area contributed by atoms with Crippen molar-refractivity contribution in [2.24, 2.45) is 0 Å². The fraction of sp³-hybridized carbons (Fsp3) is 0.250. The molecular formula is C24H24N4O4S2. The van der Waals surface area contributed by atoms with Gasteiger partial charge >= 0.3 is 0 Å². The summed E-state index contributed by atoms with van der Waals surface area (Å²) in [5.74, 6) is -0.407. The highest BCUT2D eigenvalue weighted by atomic mass is 32.2. The first-order valence-corrected chi connectivity index (χ1v) is 11.9. The lowest BCUT2D eigenvalue weighted by molar-refractivity contribution is -0.116. The van der Waals surface area contributed by atoms with E-state index in [1.54, 1.807) is 12.1 Å². The molecule has 0 saturated carbocycles. The third-order valence-corrected chi connectivity index (χ3v) is 7.15. The Morgan fingerprint density at radius 3 is 2.06 bits per heavy atom. The number of allylic oxidation sites excluding steroid dienone is 1. The molecule has 1 aliphatic carbocycles. The van der Waals surface area contributed by atoms with Crippen molar-refractivity contribution in [1.29, 1.82) is 0 Å². The molecule has 10 heteroatoms. The Labute approximate surface area is 207 Å². The van der Waals surface area contributed by atoms with E-state index < -0.39 is 0 Å². The fourth-order valence-corrected chi connectivity index (χ4v) is 5.15. The van der Waals surface area contributed by atoms with Gasteiger partial charge in [-0.15, -0.1) is 30.5 Å². The van der Waals surface area contributed by atoms with Gasteiger partial charge in [0.1, 0.15) is 0 Å². The number of anilines is 2. The van der Waals surface area contributed by atoms with E-state index in [0.717, 1.165) is 37.4 Å². The monoisotopic (exact) mass is 496 g/mol. The highest BCUT2D eigenvalue weighted by Crippen LogP contribution is 2.42. The molecule has 1 amide bonds. The molecule has 0 bridgehead atoms. The van der Waals surface area contributed by atoms with Gasteiger partial charge in [0.15, 0.2) is 5.78 Å². The van der Waals surface area contributed by atoms with Crippen molar-refractivity contribution in [2.75, 3.05) is 36.3 Å². The van der Waals surface area contributed by atoms with Crippen molar-refractivity contribution in [3.8, 4) is 0 Å². The molecule has 2 aromatic carbocycles. The fourth-order valence-electron chi connectivity index (χ4n) is 4.69. The topological polar surface area (TPSA) is 96.3 Å². The van der Waals surface area contributed by atoms with E-state index in [-0.39, 0.29) is 33.7 Å². The summed E-state index contributed by atoms with van der Waals surface area (Å²) in [4.78, 5) is 30.3. The highest BCUT2D eigenvalue weighted by molar-refractivity contribution is 7.99. The van der Waals surface area contributed by atoms with Gasteiger partial charge in [-0.2, -0.15) is 0 Å². The number of hydrogen-bond donors (Lipinski definition) is 5. The number of nitrogens with one attached hydrogen (secondary N) is 1. The summed E-state index contributed by atoms with van der Waals surface area (Å²) in [7, 11) is 0. The standard InChI is InChI=1S/C24H24N4O4S2/c29-19-13-18(14-1-7-17(8-2-14)28(31)32)20-21(19)22(25-23(20)30)15-3-5-16(6-4-15)26-9-11-27(12-10-26)24(33)34/h1-8,24,31-34H,9-13H2,(H,25,30). The number of amides is 1. The van der Waals surface area contributed by atoms with Gasteiger partial charge in [-0.3, -0.25) is 24.9 Å². The summed E-state index contributed by atoms with van der Waals surface area (Å²) >= 11 is 8.77. The van der Waals surface area contributed by atoms with Crippen LogP contribution in [-0.2, 0) is 9.59 Å². The number of fused-ring (bicyclic) bond motifs is 1. The minimum absolute atomic E-state index is 0.0220. The zero-order valence-electron chi connectivity index (χ0n) is 18.2. The van der Waals surface area contributed by atoms with Crippen LogP contribution in [0.25, 0.3) is 11.3 Å². The molecule has 3 aliphatic rings. The predicted molar refractivity (Wildman–Crippen MR) is 136 cm³/mol. The van der Waals surface area contributed by atoms with Crippen molar-refractivity contribution in [2.45, 2.75) is 11.1 Å². The zero-order valence-corrected chi connectivity index (χ0v) is 20.0. The predicted octanol–water partition coefficient (Wildman–Crippen LogP) is 2.80. The molecule has 5 rings (SSSR count). The number of piperazine rings is 1. The number of Topliss-reactive ketones (excluding diaryl/α,β-unsaturated/α-hetero) is 1. The maximum Gasteiger partial charge on any atom is 0.256 e. The van der Waals surface area contributed by atoms with E-state index in [0.29, 0.717) is 28.0 Å². The number of ketones is 1. The molecule has 8 nitrogen and oxygen atoms in total. The van der Waals surface area contributed by atoms with Gasteiger partial charge in [-0.25, -0.2) is 0 Å². The van der Waals surface area contributed by atoms with Crippen LogP contribution in [0.1, 0.15) is 17.5 Å². The molecule has 1 fully saturated rings. The van der Waals surface area contributed by atoms with Crippen LogP contribution in [-0.4, -0.2) is 57.9 Å². The number of rotatable bonds is 5. The van der Waals surface area contributed by atoms with Crippen LogP contribution >= 0.6 is 25.3 Å². The average Bonchev–Trinajstić information content (AvgIpc) is 3.37. The van der Waals surface area contributed by atoms with Crippen molar-refractivity contribution in [1.82, 2.24) is 10.2 Å². The van der Waals surface area contributed by atoms with Gasteiger partial charge < -0.3 is 10.2 Å². The van der Waals surface area contributed by atoms with Crippen LogP contribution in [0.4, 0.5) is 11.4 Å². The molecule has 34 heavy (non-hydrogen) atoms. The maximum atomic E-state index is 12.9. The molecule has 176 valence electrons. The van der Waals surface area contributed by atoms with E-state index in [2.05, 4.69) is 40.4 Å². The second-order valence-corrected chi connectivity index (χ2v) is 9.80. The lowest BCUT2D eigenvalue weighted by Crippen LogP contribution is -2.47. The maximum absolute atomic E-state index is 12.9. The molecule has 0 spiro atoms. The molecule has 3 N–H and O–H groups in total. The van der Waals surface area contributed by atoms with E-state index in [9.17, 15) is 9.59 Å². The number of benzene rings is 2. The minimum Gasteiger partial charge on any atom is -0.369 e. The van der Waals surface area contributed by atoms with Crippen LogP contribution in [0.15, 0.2) is 59.7 Å². The molecule has 2 aliphatic heterocycles. The van der Waals surface area contributed by atoms with Crippen molar-refractivity contribution in [3.63, 3.8) is 0 Å². The Hall–Kier alpha value is -2.76. The van der Waals surface area contributed by atoms with Crippen molar-refractivity contribution in [3.05, 3.63) is 70.8 Å². The molecule has 2 aromatic rings. The van der Waals surface area contributed by atoms with Gasteiger partial charge in [0.2, 0.25) is 0 Å². The van der Waals surface area contributed by atoms with Gasteiger partial charge in [0.05, 0.1) is 27.2 Å². The number of carbonyl (C=O) groups is 2. The third kappa shape index (κ3) is 4.12. The zero-order chi connectivity index (χ0) is 24.0. The van der Waals surface area contributed by atoms with Crippen LogP contribution in [0, 0.1) is 0 Å². The number of carbonyl (C=O) groups excluding carboxylic acids is 2. The Kier molecular flexibility index (Phi) is 6.17. The van der Waals surface area contributed by atoms with Crippen LogP contribution < -0.4 is 15.4 Å². The van der Waals surface area contributed by atoms with E-state index in [1.807, 2.05) is 24.3 Å². The summed E-state index contributed by atoms with van der Waals surface area (Å²) in [6, 6.07) is 14.2. The normalized spacial score (nSPS) is 18.8. The average molecular weight is 497 g/mol. The van der Waals surface area contributed by atoms with Crippen molar-refractivity contribution < 1.29 is 20.0 Å². The van der Waals surface area contributed by atoms with Crippen molar-refractivity contribution >= 4 is 59.6 Å². The lowest BCUT2D eigenvalue weighted by Gasteiger charge is -2.37. The summed E-state index contributed by atoms with van der Waals surface area (Å²) < 4.78 is -0.0583. The molecule has 0 radical (unpaired) electrons. The van der Waals surface area contributed by atoms with Gasteiger partial charge in [-0.1, -0.05) is 24.3 Å². The largest absolute Gasteiger partial charge is 0.369 e.